The van der Waals surface area contributed by atoms with Crippen LogP contribution in [-0.4, -0.2) is 95.3 Å². The van der Waals surface area contributed by atoms with E-state index in [9.17, 15) is 36.9 Å². The van der Waals surface area contributed by atoms with E-state index in [0.29, 0.717) is 41.2 Å². The molecule has 16 heteroatoms. The molecule has 5 atom stereocenters. The average Bonchev–Trinajstić information content (AvgIpc) is 3.75. The van der Waals surface area contributed by atoms with Crippen molar-refractivity contribution in [3.63, 3.8) is 0 Å². The monoisotopic (exact) mass is 805 g/mol. The molecule has 0 unspecified atom stereocenters. The molecule has 4 N–H and O–H groups in total. The highest BCUT2D eigenvalue weighted by Gasteiger charge is 2.73. The van der Waals surface area contributed by atoms with Gasteiger partial charge in [0.25, 0.3) is 0 Å². The molecule has 0 radical (unpaired) electrons. The molecule has 2 aliphatic heterocycles. The van der Waals surface area contributed by atoms with E-state index in [1.807, 2.05) is 6.07 Å². The number of halogens is 4. The van der Waals surface area contributed by atoms with Crippen LogP contribution in [0.3, 0.4) is 0 Å². The Balaban J connectivity index is 0.000000166. The molecule has 296 valence electrons. The van der Waals surface area contributed by atoms with Crippen molar-refractivity contribution in [1.82, 2.24) is 14.9 Å². The Morgan fingerprint density at radius 1 is 0.964 bits per heavy atom. The second kappa shape index (κ2) is 14.2. The van der Waals surface area contributed by atoms with E-state index < -0.39 is 43.7 Å². The number of methoxy groups -OCH3 is 2. The number of ether oxygens (including phenoxy) is 3. The maximum absolute atomic E-state index is 13.0. The van der Waals surface area contributed by atoms with E-state index in [1.54, 1.807) is 54.6 Å². The molecular formula is C39H43ClF3N3O8S. The molecular weight excluding hydrogens is 763 g/mol. The lowest BCUT2D eigenvalue weighted by Crippen LogP contribution is -2.77. The average molecular weight is 806 g/mol. The van der Waals surface area contributed by atoms with Gasteiger partial charge in [-0.05, 0) is 111 Å². The number of H-pyrrole nitrogens is 1. The Bertz CT molecular complexity index is 2100. The summed E-state index contributed by atoms with van der Waals surface area (Å²) in [6.07, 6.45) is 5.68. The minimum absolute atomic E-state index is 0. The molecule has 4 aromatic rings. The number of sulfone groups is 1. The molecule has 1 saturated heterocycles. The van der Waals surface area contributed by atoms with Gasteiger partial charge in [-0.15, -0.1) is 12.4 Å². The van der Waals surface area contributed by atoms with Crippen molar-refractivity contribution in [2.75, 3.05) is 27.3 Å². The van der Waals surface area contributed by atoms with Crippen molar-refractivity contribution < 1.29 is 51.1 Å². The zero-order chi connectivity index (χ0) is 38.2. The molecule has 2 bridgehead atoms. The lowest BCUT2D eigenvalue weighted by atomic mass is 9.48. The number of nitrogens with one attached hydrogen (secondary N) is 1. The van der Waals surface area contributed by atoms with Crippen LogP contribution >= 0.6 is 12.4 Å². The fourth-order valence-corrected chi connectivity index (χ4v) is 10.0. The Labute approximate surface area is 322 Å². The molecule has 1 spiro atoms. The SMILES string of the molecule is COc1ccc(-c2nc(S(=O)(=O)C(F)(F)F)[nH]c2-c2ccc(OC)cc2)cc1.Cl.Oc1ccc2c3c1O[C@H]1[C@@H](O)CC[C@@]4(O)[C@@H](C2)N(CC2CCC2)CC[C@]314. The number of imidazole rings is 1. The minimum Gasteiger partial charge on any atom is -0.504 e. The van der Waals surface area contributed by atoms with Crippen LogP contribution in [0.4, 0.5) is 13.2 Å². The van der Waals surface area contributed by atoms with E-state index in [4.69, 9.17) is 14.2 Å². The molecule has 3 fully saturated rings. The summed E-state index contributed by atoms with van der Waals surface area (Å²) in [5, 5.41) is 32.0. The molecule has 3 heterocycles. The van der Waals surface area contributed by atoms with Crippen molar-refractivity contribution >= 4 is 22.2 Å². The number of piperidine rings is 1. The number of rotatable bonds is 7. The molecule has 2 saturated carbocycles. The number of aromatic nitrogens is 2. The molecule has 3 aliphatic carbocycles. The normalized spacial score (nSPS) is 26.7. The number of hydrogen-bond donors (Lipinski definition) is 4. The first-order valence-corrected chi connectivity index (χ1v) is 19.6. The van der Waals surface area contributed by atoms with Gasteiger partial charge in [-0.2, -0.15) is 13.2 Å². The third kappa shape index (κ3) is 6.13. The Hall–Kier alpha value is -4.02. The third-order valence-corrected chi connectivity index (χ3v) is 13.6. The largest absolute Gasteiger partial charge is 0.504 e. The maximum atomic E-state index is 13.0. The van der Waals surface area contributed by atoms with E-state index >= 15 is 0 Å². The summed E-state index contributed by atoms with van der Waals surface area (Å²) in [5.74, 6) is 2.50. The Morgan fingerprint density at radius 3 is 2.18 bits per heavy atom. The number of aliphatic hydroxyl groups excluding tert-OH is 1. The van der Waals surface area contributed by atoms with Gasteiger partial charge in [0, 0.05) is 29.3 Å². The third-order valence-electron chi connectivity index (χ3n) is 12.2. The minimum atomic E-state index is -5.64. The first-order chi connectivity index (χ1) is 25.7. The molecule has 1 aromatic heterocycles. The second-order valence-electron chi connectivity index (χ2n) is 14.9. The van der Waals surface area contributed by atoms with Crippen LogP contribution in [0, 0.1) is 5.92 Å². The second-order valence-corrected chi connectivity index (χ2v) is 16.8. The maximum Gasteiger partial charge on any atom is 0.504 e. The van der Waals surface area contributed by atoms with Gasteiger partial charge in [-0.1, -0.05) is 12.5 Å². The van der Waals surface area contributed by atoms with Gasteiger partial charge in [0.1, 0.15) is 17.6 Å². The lowest BCUT2D eigenvalue weighted by molar-refractivity contribution is -0.209. The summed E-state index contributed by atoms with van der Waals surface area (Å²) in [4.78, 5) is 8.60. The summed E-state index contributed by atoms with van der Waals surface area (Å²) in [6, 6.07) is 16.5. The molecule has 55 heavy (non-hydrogen) atoms. The number of nitrogens with zero attached hydrogens (tertiary/aromatic N) is 2. The first kappa shape index (κ1) is 39.2. The Kier molecular flexibility index (Phi) is 10.1. The van der Waals surface area contributed by atoms with Gasteiger partial charge in [0.2, 0.25) is 5.16 Å². The topological polar surface area (TPSA) is 154 Å². The van der Waals surface area contributed by atoms with Gasteiger partial charge < -0.3 is 34.5 Å². The summed E-state index contributed by atoms with van der Waals surface area (Å²) >= 11 is 0. The van der Waals surface area contributed by atoms with Crippen molar-refractivity contribution in [3.8, 4) is 45.5 Å². The van der Waals surface area contributed by atoms with E-state index in [1.165, 1.54) is 39.0 Å². The van der Waals surface area contributed by atoms with Crippen LogP contribution in [0.25, 0.3) is 22.5 Å². The van der Waals surface area contributed by atoms with E-state index in [-0.39, 0.29) is 35.6 Å². The first-order valence-electron chi connectivity index (χ1n) is 18.1. The van der Waals surface area contributed by atoms with Crippen LogP contribution in [0.2, 0.25) is 0 Å². The summed E-state index contributed by atoms with van der Waals surface area (Å²) in [6.45, 7) is 2.02. The summed E-state index contributed by atoms with van der Waals surface area (Å²) in [5.41, 5.74) is -3.69. The van der Waals surface area contributed by atoms with E-state index in [0.717, 1.165) is 37.4 Å². The Morgan fingerprint density at radius 2 is 1.60 bits per heavy atom. The number of phenolic OH excluding ortho intramolecular Hbond substituents is 1. The summed E-state index contributed by atoms with van der Waals surface area (Å²) in [7, 11) is -2.69. The van der Waals surface area contributed by atoms with Crippen molar-refractivity contribution in [1.29, 1.82) is 0 Å². The summed E-state index contributed by atoms with van der Waals surface area (Å²) < 4.78 is 78.9. The standard InChI is InChI=1S/C21H27NO4.C18H15F3N2O4S.ClH/c23-14-5-4-13-10-16-21(25)7-6-15(24)19-20(21,17(13)18(14)26-19)8-9-22(16)11-12-2-1-3-12;1-26-13-7-3-11(4-8-13)15-16(12-5-9-14(27-2)10-6-12)23-17(22-15)28(24,25)18(19,20)21;/h4-5,12,15-16,19,23-25H,1-3,6-11H2;3-10H,1-2H3,(H,22,23);1H/t15-,16+,19-,20-,21+;;/m0../s1. The number of phenols is 1. The fourth-order valence-electron chi connectivity index (χ4n) is 9.34. The van der Waals surface area contributed by atoms with Gasteiger partial charge in [-0.3, -0.25) is 4.90 Å². The fraction of sp³-hybridized carbons (Fsp3) is 0.462. The molecule has 5 aliphatic rings. The van der Waals surface area contributed by atoms with Crippen molar-refractivity contribution in [2.24, 2.45) is 5.92 Å². The van der Waals surface area contributed by atoms with Crippen LogP contribution < -0.4 is 14.2 Å². The van der Waals surface area contributed by atoms with Gasteiger partial charge in [-0.25, -0.2) is 13.4 Å². The highest BCUT2D eigenvalue weighted by molar-refractivity contribution is 7.92. The van der Waals surface area contributed by atoms with E-state index in [2.05, 4.69) is 14.9 Å². The number of aromatic amines is 1. The number of aromatic hydroxyl groups is 1. The van der Waals surface area contributed by atoms with Crippen molar-refractivity contribution in [3.05, 3.63) is 71.8 Å². The highest BCUT2D eigenvalue weighted by Crippen LogP contribution is 2.65. The zero-order valence-corrected chi connectivity index (χ0v) is 31.8. The molecule has 0 amide bonds. The lowest BCUT2D eigenvalue weighted by Gasteiger charge is -2.64. The number of hydrogen-bond acceptors (Lipinski definition) is 10. The van der Waals surface area contributed by atoms with Gasteiger partial charge in [0.15, 0.2) is 11.5 Å². The number of likely N-dealkylation sites (tertiary alicyclic amines) is 1. The zero-order valence-electron chi connectivity index (χ0n) is 30.2. The van der Waals surface area contributed by atoms with Crippen LogP contribution in [0.1, 0.15) is 49.7 Å². The van der Waals surface area contributed by atoms with Gasteiger partial charge in [0.05, 0.1) is 42.7 Å². The van der Waals surface area contributed by atoms with Crippen LogP contribution in [-0.2, 0) is 21.7 Å². The highest BCUT2D eigenvalue weighted by atomic mass is 35.5. The molecule has 3 aromatic carbocycles. The number of benzene rings is 3. The predicted molar refractivity (Wildman–Crippen MR) is 198 cm³/mol. The van der Waals surface area contributed by atoms with Gasteiger partial charge >= 0.3 is 15.3 Å². The molecule has 11 nitrogen and oxygen atoms in total. The smallest absolute Gasteiger partial charge is 0.504 e. The van der Waals surface area contributed by atoms with Crippen LogP contribution in [0.5, 0.6) is 23.0 Å². The quantitative estimate of drug-likeness (QED) is 0.170. The number of alkyl halides is 3. The predicted octanol–water partition coefficient (Wildman–Crippen LogP) is 6.18. The molecule has 9 rings (SSSR count). The number of aliphatic hydroxyl groups is 2. The van der Waals surface area contributed by atoms with Crippen LogP contribution in [0.15, 0.2) is 65.8 Å². The van der Waals surface area contributed by atoms with Crippen molar-refractivity contribution in [2.45, 2.75) is 84.9 Å².